The average Bonchev–Trinajstić information content (AvgIpc) is 3.17. The molecule has 0 radical (unpaired) electrons. The van der Waals surface area contributed by atoms with Crippen LogP contribution in [0.25, 0.3) is 10.9 Å². The Morgan fingerprint density at radius 3 is 2.50 bits per heavy atom. The van der Waals surface area contributed by atoms with Crippen molar-refractivity contribution >= 4 is 45.7 Å². The Morgan fingerprint density at radius 1 is 1.10 bits per heavy atom. The first-order valence-corrected chi connectivity index (χ1v) is 10.1. The number of piperazine rings is 1. The van der Waals surface area contributed by atoms with Gasteiger partial charge in [0.25, 0.3) is 5.91 Å². The number of H-pyrrole nitrogens is 1. The molecule has 6 nitrogen and oxygen atoms in total. The fourth-order valence-corrected chi connectivity index (χ4v) is 3.98. The van der Waals surface area contributed by atoms with Gasteiger partial charge in [-0.3, -0.25) is 9.59 Å². The number of amides is 2. The van der Waals surface area contributed by atoms with E-state index < -0.39 is 0 Å². The van der Waals surface area contributed by atoms with Crippen LogP contribution in [0.15, 0.2) is 36.4 Å². The molecular weight excluding hydrogens is 407 g/mol. The van der Waals surface area contributed by atoms with Crippen molar-refractivity contribution in [2.24, 2.45) is 0 Å². The summed E-state index contributed by atoms with van der Waals surface area (Å²) in [7, 11) is 0. The highest BCUT2D eigenvalue weighted by Gasteiger charge is 2.20. The Hall–Kier alpha value is -3.06. The molecule has 0 spiro atoms. The molecule has 3 aromatic rings. The first-order valence-electron chi connectivity index (χ1n) is 9.72. The van der Waals surface area contributed by atoms with Gasteiger partial charge in [0.05, 0.1) is 5.52 Å². The molecule has 1 aliphatic rings. The number of carbonyl (C=O) groups is 2. The summed E-state index contributed by atoms with van der Waals surface area (Å²) in [5.41, 5.74) is 3.16. The summed E-state index contributed by atoms with van der Waals surface area (Å²) in [5, 5.41) is 3.72. The number of carbonyl (C=O) groups excluding carboxylic acids is 2. The van der Waals surface area contributed by atoms with Gasteiger partial charge in [-0.2, -0.15) is 0 Å². The van der Waals surface area contributed by atoms with Crippen molar-refractivity contribution in [3.05, 3.63) is 58.5 Å². The predicted octanol–water partition coefficient (Wildman–Crippen LogP) is 4.19. The third-order valence-corrected chi connectivity index (χ3v) is 5.64. The van der Waals surface area contributed by atoms with E-state index in [1.54, 1.807) is 24.0 Å². The van der Waals surface area contributed by atoms with Crippen LogP contribution < -0.4 is 10.2 Å². The van der Waals surface area contributed by atoms with Crippen LogP contribution in [0.3, 0.4) is 0 Å². The third kappa shape index (κ3) is 3.98. The number of nitrogens with one attached hydrogen (secondary N) is 2. The monoisotopic (exact) mass is 428 g/mol. The molecule has 0 unspecified atom stereocenters. The van der Waals surface area contributed by atoms with E-state index in [1.807, 2.05) is 19.1 Å². The molecule has 1 aliphatic heterocycles. The van der Waals surface area contributed by atoms with E-state index in [1.165, 1.54) is 12.1 Å². The molecule has 2 heterocycles. The highest BCUT2D eigenvalue weighted by atomic mass is 35.5. The molecule has 8 heteroatoms. The number of rotatable bonds is 3. The minimum absolute atomic E-state index is 0.0682. The van der Waals surface area contributed by atoms with Gasteiger partial charge in [0, 0.05) is 54.9 Å². The Morgan fingerprint density at radius 2 is 1.83 bits per heavy atom. The fraction of sp³-hybridized carbons (Fsp3) is 0.273. The fourth-order valence-electron chi connectivity index (χ4n) is 3.75. The van der Waals surface area contributed by atoms with Crippen molar-refractivity contribution in [1.29, 1.82) is 0 Å². The average molecular weight is 429 g/mol. The number of anilines is 2. The zero-order chi connectivity index (χ0) is 21.4. The predicted molar refractivity (Wildman–Crippen MR) is 117 cm³/mol. The van der Waals surface area contributed by atoms with Gasteiger partial charge in [0.1, 0.15) is 11.5 Å². The second-order valence-corrected chi connectivity index (χ2v) is 7.92. The molecule has 0 aliphatic carbocycles. The molecule has 156 valence electrons. The third-order valence-electron chi connectivity index (χ3n) is 5.42. The first-order chi connectivity index (χ1) is 14.3. The van der Waals surface area contributed by atoms with E-state index in [9.17, 15) is 14.0 Å². The summed E-state index contributed by atoms with van der Waals surface area (Å²) in [6, 6.07) is 9.93. The largest absolute Gasteiger partial charge is 0.368 e. The zero-order valence-electron chi connectivity index (χ0n) is 16.8. The van der Waals surface area contributed by atoms with Crippen LogP contribution in [0.2, 0.25) is 5.02 Å². The Labute approximate surface area is 178 Å². The number of fused-ring (bicyclic) bond motifs is 1. The molecule has 2 aromatic carbocycles. The van der Waals surface area contributed by atoms with Gasteiger partial charge >= 0.3 is 0 Å². The maximum atomic E-state index is 14.1. The summed E-state index contributed by atoms with van der Waals surface area (Å²) in [6.07, 6.45) is 0. The molecule has 0 atom stereocenters. The van der Waals surface area contributed by atoms with Gasteiger partial charge in [-0.1, -0.05) is 17.7 Å². The number of aromatic amines is 1. The van der Waals surface area contributed by atoms with Gasteiger partial charge in [0.15, 0.2) is 0 Å². The van der Waals surface area contributed by atoms with Crippen molar-refractivity contribution in [3.63, 3.8) is 0 Å². The minimum Gasteiger partial charge on any atom is -0.368 e. The van der Waals surface area contributed by atoms with Crippen LogP contribution >= 0.6 is 11.6 Å². The topological polar surface area (TPSA) is 68.4 Å². The molecule has 4 rings (SSSR count). The molecule has 2 amide bonds. The maximum Gasteiger partial charge on any atom is 0.272 e. The van der Waals surface area contributed by atoms with Crippen LogP contribution in [-0.2, 0) is 4.79 Å². The second kappa shape index (κ2) is 7.99. The van der Waals surface area contributed by atoms with E-state index in [0.717, 1.165) is 11.3 Å². The highest BCUT2D eigenvalue weighted by molar-refractivity contribution is 6.31. The standard InChI is InChI=1S/C22H22ClFN4O2/c1-13-3-4-19(24)18-12-20(26-21(13)18)22(30)25-16-9-15(23)10-17(11-16)28-7-5-27(6-8-28)14(2)29/h3-4,9-12,26H,5-8H2,1-2H3,(H,25,30). The number of aromatic nitrogens is 1. The van der Waals surface area contributed by atoms with Crippen molar-refractivity contribution in [2.75, 3.05) is 36.4 Å². The smallest absolute Gasteiger partial charge is 0.272 e. The van der Waals surface area contributed by atoms with E-state index in [-0.39, 0.29) is 23.3 Å². The quantitative estimate of drug-likeness (QED) is 0.657. The summed E-state index contributed by atoms with van der Waals surface area (Å²) in [4.78, 5) is 31.2. The first kappa shape index (κ1) is 20.2. The number of nitrogens with zero attached hydrogens (tertiary/aromatic N) is 2. The van der Waals surface area contributed by atoms with Crippen molar-refractivity contribution in [3.8, 4) is 0 Å². The lowest BCUT2D eigenvalue weighted by atomic mass is 10.1. The number of hydrogen-bond acceptors (Lipinski definition) is 3. The molecule has 1 saturated heterocycles. The summed E-state index contributed by atoms with van der Waals surface area (Å²) in [5.74, 6) is -0.682. The summed E-state index contributed by atoms with van der Waals surface area (Å²) < 4.78 is 14.1. The molecule has 1 aromatic heterocycles. The maximum absolute atomic E-state index is 14.1. The number of aryl methyl sites for hydroxylation is 1. The summed E-state index contributed by atoms with van der Waals surface area (Å²) >= 11 is 6.28. The van der Waals surface area contributed by atoms with Crippen LogP contribution in [0.1, 0.15) is 23.0 Å². The van der Waals surface area contributed by atoms with Crippen molar-refractivity contribution in [2.45, 2.75) is 13.8 Å². The lowest BCUT2D eigenvalue weighted by Crippen LogP contribution is -2.48. The van der Waals surface area contributed by atoms with Gasteiger partial charge in [-0.25, -0.2) is 4.39 Å². The van der Waals surface area contributed by atoms with Gasteiger partial charge < -0.3 is 20.1 Å². The lowest BCUT2D eigenvalue weighted by Gasteiger charge is -2.35. The normalized spacial score (nSPS) is 14.3. The Bertz CT molecular complexity index is 1100. The highest BCUT2D eigenvalue weighted by Crippen LogP contribution is 2.28. The van der Waals surface area contributed by atoms with Crippen LogP contribution in [-0.4, -0.2) is 47.9 Å². The molecule has 0 bridgehead atoms. The van der Waals surface area contributed by atoms with Gasteiger partial charge in [0.2, 0.25) is 5.91 Å². The van der Waals surface area contributed by atoms with Gasteiger partial charge in [-0.15, -0.1) is 0 Å². The number of halogens is 2. The van der Waals surface area contributed by atoms with Crippen molar-refractivity contribution in [1.82, 2.24) is 9.88 Å². The van der Waals surface area contributed by atoms with Crippen molar-refractivity contribution < 1.29 is 14.0 Å². The molecule has 30 heavy (non-hydrogen) atoms. The Kier molecular flexibility index (Phi) is 5.39. The van der Waals surface area contributed by atoms with Gasteiger partial charge in [-0.05, 0) is 42.8 Å². The SMILES string of the molecule is CC(=O)N1CCN(c2cc(Cl)cc(NC(=O)c3cc4c(F)ccc(C)c4[nH]3)c2)CC1. The van der Waals surface area contributed by atoms with Crippen LogP contribution in [0.4, 0.5) is 15.8 Å². The van der Waals surface area contributed by atoms with E-state index >= 15 is 0 Å². The zero-order valence-corrected chi connectivity index (χ0v) is 17.5. The van der Waals surface area contributed by atoms with Crippen LogP contribution in [0, 0.1) is 12.7 Å². The van der Waals surface area contributed by atoms with E-state index in [0.29, 0.717) is 47.8 Å². The molecule has 1 fully saturated rings. The van der Waals surface area contributed by atoms with E-state index in [4.69, 9.17) is 11.6 Å². The second-order valence-electron chi connectivity index (χ2n) is 7.48. The minimum atomic E-state index is -0.375. The molecular formula is C22H22ClFN4O2. The number of hydrogen-bond donors (Lipinski definition) is 2. The summed E-state index contributed by atoms with van der Waals surface area (Å²) in [6.45, 7) is 6.09. The van der Waals surface area contributed by atoms with Crippen LogP contribution in [0.5, 0.6) is 0 Å². The lowest BCUT2D eigenvalue weighted by molar-refractivity contribution is -0.129. The van der Waals surface area contributed by atoms with E-state index in [2.05, 4.69) is 15.2 Å². The number of benzene rings is 2. The Balaban J connectivity index is 1.54. The molecule has 2 N–H and O–H groups in total. The molecule has 0 saturated carbocycles.